The second-order valence-electron chi connectivity index (χ2n) is 5.69. The maximum Gasteiger partial charge on any atom is 0.190 e. The average molecular weight is 240 g/mol. The van der Waals surface area contributed by atoms with E-state index in [2.05, 4.69) is 0 Å². The van der Waals surface area contributed by atoms with Crippen LogP contribution in [-0.2, 0) is 18.9 Å². The third-order valence-corrected chi connectivity index (χ3v) is 4.51. The third kappa shape index (κ3) is 1.65. The van der Waals surface area contributed by atoms with Crippen molar-refractivity contribution < 1.29 is 18.9 Å². The first kappa shape index (κ1) is 10.7. The Bertz CT molecular complexity index is 300. The lowest BCUT2D eigenvalue weighted by atomic mass is 9.94. The highest BCUT2D eigenvalue weighted by Crippen LogP contribution is 2.46. The molecule has 4 fully saturated rings. The minimum atomic E-state index is -0.348. The Morgan fingerprint density at radius 2 is 1.76 bits per heavy atom. The van der Waals surface area contributed by atoms with Crippen molar-refractivity contribution >= 4 is 0 Å². The lowest BCUT2D eigenvalue weighted by Gasteiger charge is -2.35. The molecule has 0 aromatic heterocycles. The van der Waals surface area contributed by atoms with E-state index >= 15 is 0 Å². The molecule has 4 atom stereocenters. The zero-order chi connectivity index (χ0) is 11.3. The summed E-state index contributed by atoms with van der Waals surface area (Å²) in [6.45, 7) is 0.837. The summed E-state index contributed by atoms with van der Waals surface area (Å²) in [6, 6.07) is 0. The van der Waals surface area contributed by atoms with Crippen molar-refractivity contribution in [1.82, 2.24) is 0 Å². The minimum Gasteiger partial charge on any atom is -0.373 e. The van der Waals surface area contributed by atoms with Gasteiger partial charge in [0.1, 0.15) is 12.2 Å². The van der Waals surface area contributed by atoms with Crippen molar-refractivity contribution in [3.05, 3.63) is 0 Å². The molecule has 3 aliphatic heterocycles. The Balaban J connectivity index is 1.51. The second-order valence-corrected chi connectivity index (χ2v) is 5.69. The summed E-state index contributed by atoms with van der Waals surface area (Å²) in [6.07, 6.45) is 8.04. The standard InChI is InChI=1S/C13H20O4/c1-2-6-13(7-3-1)16-11-10-9(5-4-8-14-10)15-12(11)17-13/h9-12H,1-8H2/t9-,10+,11-,12-/m1/s1. The Morgan fingerprint density at radius 1 is 0.882 bits per heavy atom. The number of ether oxygens (including phenoxy) is 4. The van der Waals surface area contributed by atoms with Gasteiger partial charge in [0.05, 0.1) is 6.10 Å². The molecule has 4 aliphatic rings. The summed E-state index contributed by atoms with van der Waals surface area (Å²) in [4.78, 5) is 0. The number of rotatable bonds is 0. The Morgan fingerprint density at radius 3 is 2.65 bits per heavy atom. The monoisotopic (exact) mass is 240 g/mol. The van der Waals surface area contributed by atoms with Crippen LogP contribution in [0.3, 0.4) is 0 Å². The lowest BCUT2D eigenvalue weighted by molar-refractivity contribution is -0.252. The van der Waals surface area contributed by atoms with E-state index in [1.807, 2.05) is 0 Å². The van der Waals surface area contributed by atoms with Crippen LogP contribution >= 0.6 is 0 Å². The molecule has 0 aromatic carbocycles. The van der Waals surface area contributed by atoms with Crippen LogP contribution in [-0.4, -0.2) is 37.0 Å². The van der Waals surface area contributed by atoms with Crippen molar-refractivity contribution in [2.75, 3.05) is 6.61 Å². The van der Waals surface area contributed by atoms with Gasteiger partial charge < -0.3 is 18.9 Å². The Kier molecular flexibility index (Phi) is 2.47. The van der Waals surface area contributed by atoms with Gasteiger partial charge >= 0.3 is 0 Å². The van der Waals surface area contributed by atoms with E-state index < -0.39 is 0 Å². The predicted octanol–water partition coefficient (Wildman–Crippen LogP) is 1.97. The molecule has 4 rings (SSSR count). The second kappa shape index (κ2) is 3.92. The van der Waals surface area contributed by atoms with Crippen LogP contribution in [0.4, 0.5) is 0 Å². The number of fused-ring (bicyclic) bond motifs is 3. The fourth-order valence-electron chi connectivity index (χ4n) is 3.66. The van der Waals surface area contributed by atoms with E-state index in [9.17, 15) is 0 Å². The largest absolute Gasteiger partial charge is 0.373 e. The highest BCUT2D eigenvalue weighted by atomic mass is 16.8. The zero-order valence-electron chi connectivity index (χ0n) is 10.1. The van der Waals surface area contributed by atoms with Crippen LogP contribution in [0, 0.1) is 0 Å². The molecule has 0 amide bonds. The van der Waals surface area contributed by atoms with Gasteiger partial charge in [-0.25, -0.2) is 0 Å². The van der Waals surface area contributed by atoms with Crippen LogP contribution in [0.1, 0.15) is 44.9 Å². The first-order valence-electron chi connectivity index (χ1n) is 6.99. The smallest absolute Gasteiger partial charge is 0.190 e. The minimum absolute atomic E-state index is 0.0124. The maximum absolute atomic E-state index is 6.21. The van der Waals surface area contributed by atoms with Crippen LogP contribution in [0.2, 0.25) is 0 Å². The summed E-state index contributed by atoms with van der Waals surface area (Å²) >= 11 is 0. The highest BCUT2D eigenvalue weighted by Gasteiger charge is 2.58. The van der Waals surface area contributed by atoms with Gasteiger partial charge in [-0.05, 0) is 25.7 Å². The molecule has 0 N–H and O–H groups in total. The van der Waals surface area contributed by atoms with E-state index in [1.165, 1.54) is 19.3 Å². The molecule has 1 spiro atoms. The first-order chi connectivity index (χ1) is 8.36. The molecular formula is C13H20O4. The molecule has 17 heavy (non-hydrogen) atoms. The molecule has 0 radical (unpaired) electrons. The van der Waals surface area contributed by atoms with Crippen LogP contribution in [0.15, 0.2) is 0 Å². The van der Waals surface area contributed by atoms with Gasteiger partial charge in [-0.2, -0.15) is 0 Å². The highest BCUT2D eigenvalue weighted by molar-refractivity contribution is 4.97. The molecule has 3 saturated heterocycles. The molecule has 0 unspecified atom stereocenters. The molecule has 4 heteroatoms. The van der Waals surface area contributed by atoms with Gasteiger partial charge in [0.25, 0.3) is 0 Å². The van der Waals surface area contributed by atoms with E-state index in [1.54, 1.807) is 0 Å². The molecule has 1 aliphatic carbocycles. The van der Waals surface area contributed by atoms with Crippen molar-refractivity contribution in [2.45, 2.75) is 75.3 Å². The van der Waals surface area contributed by atoms with Crippen LogP contribution in [0.25, 0.3) is 0 Å². The molecule has 3 heterocycles. The number of hydrogen-bond acceptors (Lipinski definition) is 4. The summed E-state index contributed by atoms with van der Waals surface area (Å²) < 4.78 is 24.1. The molecule has 0 bridgehead atoms. The average Bonchev–Trinajstić information content (AvgIpc) is 2.84. The van der Waals surface area contributed by atoms with Gasteiger partial charge in [-0.3, -0.25) is 0 Å². The van der Waals surface area contributed by atoms with Crippen molar-refractivity contribution in [2.24, 2.45) is 0 Å². The summed E-state index contributed by atoms with van der Waals surface area (Å²) in [5, 5.41) is 0. The van der Waals surface area contributed by atoms with Gasteiger partial charge in [0.15, 0.2) is 12.1 Å². The van der Waals surface area contributed by atoms with Gasteiger partial charge in [-0.1, -0.05) is 6.42 Å². The topological polar surface area (TPSA) is 36.9 Å². The van der Waals surface area contributed by atoms with Crippen LogP contribution in [0.5, 0.6) is 0 Å². The maximum atomic E-state index is 6.21. The van der Waals surface area contributed by atoms with Gasteiger partial charge in [0, 0.05) is 19.4 Å². The first-order valence-corrected chi connectivity index (χ1v) is 6.99. The van der Waals surface area contributed by atoms with Crippen LogP contribution < -0.4 is 0 Å². The normalized spacial score (nSPS) is 48.0. The molecule has 0 aromatic rings. The molecular weight excluding hydrogens is 220 g/mol. The van der Waals surface area contributed by atoms with E-state index in [4.69, 9.17) is 18.9 Å². The fourth-order valence-corrected chi connectivity index (χ4v) is 3.66. The van der Waals surface area contributed by atoms with Crippen molar-refractivity contribution in [3.63, 3.8) is 0 Å². The molecule has 1 saturated carbocycles. The lowest BCUT2D eigenvalue weighted by Crippen LogP contribution is -2.41. The summed E-state index contributed by atoms with van der Waals surface area (Å²) in [7, 11) is 0. The molecule has 96 valence electrons. The van der Waals surface area contributed by atoms with E-state index in [-0.39, 0.29) is 30.4 Å². The predicted molar refractivity (Wildman–Crippen MR) is 59.4 cm³/mol. The van der Waals surface area contributed by atoms with Gasteiger partial charge in [-0.15, -0.1) is 0 Å². The van der Waals surface area contributed by atoms with E-state index in [0.717, 1.165) is 32.3 Å². The summed E-state index contributed by atoms with van der Waals surface area (Å²) in [5.74, 6) is -0.348. The van der Waals surface area contributed by atoms with Crippen molar-refractivity contribution in [1.29, 1.82) is 0 Å². The Labute approximate surface area is 102 Å². The quantitative estimate of drug-likeness (QED) is 0.648. The van der Waals surface area contributed by atoms with E-state index in [0.29, 0.717) is 0 Å². The zero-order valence-corrected chi connectivity index (χ0v) is 10.1. The number of hydrogen-bond donors (Lipinski definition) is 0. The Hall–Kier alpha value is -0.160. The fraction of sp³-hybridized carbons (Fsp3) is 1.00. The third-order valence-electron chi connectivity index (χ3n) is 4.51. The van der Waals surface area contributed by atoms with Gasteiger partial charge in [0.2, 0.25) is 0 Å². The SMILES string of the molecule is C1CCC2(CC1)O[C@H]1O[C@@H]3CCCO[C@@H]3[C@H]1O2. The molecule has 4 nitrogen and oxygen atoms in total. The van der Waals surface area contributed by atoms with Crippen molar-refractivity contribution in [3.8, 4) is 0 Å². The summed E-state index contributed by atoms with van der Waals surface area (Å²) in [5.41, 5.74) is 0.